The number of halogens is 2. The van der Waals surface area contributed by atoms with Crippen molar-refractivity contribution >= 4 is 39.3 Å². The van der Waals surface area contributed by atoms with Crippen LogP contribution in [0.4, 0.5) is 0 Å². The molecule has 2 N–H and O–H groups in total. The number of carbonyl (C=O) groups excluding carboxylic acids is 1. The summed E-state index contributed by atoms with van der Waals surface area (Å²) in [5, 5.41) is 12.6. The molecule has 37 heavy (non-hydrogen) atoms. The van der Waals surface area contributed by atoms with E-state index in [-0.39, 0.29) is 25.5 Å². The predicted octanol–water partition coefficient (Wildman–Crippen LogP) is 6.01. The lowest BCUT2D eigenvalue weighted by atomic mass is 9.84. The predicted molar refractivity (Wildman–Crippen MR) is 149 cm³/mol. The van der Waals surface area contributed by atoms with E-state index >= 15 is 0 Å². The average Bonchev–Trinajstić information content (AvgIpc) is 3.30. The zero-order chi connectivity index (χ0) is 26.3. The molecule has 4 rings (SSSR count). The van der Waals surface area contributed by atoms with Crippen molar-refractivity contribution in [2.75, 3.05) is 13.2 Å². The number of amides is 1. The third-order valence-corrected chi connectivity index (χ3v) is 6.95. The van der Waals surface area contributed by atoms with Gasteiger partial charge in [0, 0.05) is 41.1 Å². The Hall–Kier alpha value is -3.13. The first-order valence-electron chi connectivity index (χ1n) is 12.0. The average molecular weight is 584 g/mol. The van der Waals surface area contributed by atoms with Gasteiger partial charge in [-0.15, -0.1) is 6.58 Å². The van der Waals surface area contributed by atoms with Gasteiger partial charge in [0.15, 0.2) is 11.6 Å². The van der Waals surface area contributed by atoms with E-state index in [1.165, 1.54) is 0 Å². The van der Waals surface area contributed by atoms with Crippen LogP contribution in [0.3, 0.4) is 0 Å². The second kappa shape index (κ2) is 12.4. The van der Waals surface area contributed by atoms with Crippen molar-refractivity contribution in [2.24, 2.45) is 4.99 Å². The Kier molecular flexibility index (Phi) is 9.03. The lowest BCUT2D eigenvalue weighted by Crippen LogP contribution is -2.47. The molecule has 0 aliphatic carbocycles. The number of aliphatic hydroxyl groups excluding tert-OH is 1. The summed E-state index contributed by atoms with van der Waals surface area (Å²) in [6.45, 7) is 4.66. The van der Waals surface area contributed by atoms with Gasteiger partial charge in [-0.25, -0.2) is 4.99 Å². The molecule has 0 aromatic heterocycles. The fourth-order valence-corrected chi connectivity index (χ4v) is 4.61. The third kappa shape index (κ3) is 6.24. The molecule has 1 aliphatic heterocycles. The number of ether oxygens (including phenoxy) is 2. The molecule has 3 aromatic carbocycles. The van der Waals surface area contributed by atoms with Crippen molar-refractivity contribution in [1.82, 2.24) is 5.32 Å². The fraction of sp³-hybridized carbons (Fsp3) is 0.241. The van der Waals surface area contributed by atoms with E-state index in [1.807, 2.05) is 66.7 Å². The summed E-state index contributed by atoms with van der Waals surface area (Å²) in [7, 11) is 0. The first-order valence-corrected chi connectivity index (χ1v) is 13.1. The maximum absolute atomic E-state index is 13.8. The number of hydrogen-bond donors (Lipinski definition) is 2. The number of carbonyl (C=O) groups is 1. The molecule has 0 unspecified atom stereocenters. The van der Waals surface area contributed by atoms with Crippen LogP contribution in [-0.2, 0) is 16.1 Å². The molecule has 6 nitrogen and oxygen atoms in total. The summed E-state index contributed by atoms with van der Waals surface area (Å²) in [6, 6.07) is 22.4. The minimum Gasteiger partial charge on any atom is -0.494 e. The van der Waals surface area contributed by atoms with Gasteiger partial charge in [-0.05, 0) is 53.6 Å². The smallest absolute Gasteiger partial charge is 0.252 e. The molecule has 0 saturated heterocycles. The van der Waals surface area contributed by atoms with Gasteiger partial charge in [0.1, 0.15) is 5.75 Å². The van der Waals surface area contributed by atoms with Gasteiger partial charge >= 0.3 is 0 Å². The van der Waals surface area contributed by atoms with E-state index in [4.69, 9.17) is 31.2 Å². The first-order chi connectivity index (χ1) is 18.0. The van der Waals surface area contributed by atoms with Gasteiger partial charge in [-0.1, -0.05) is 63.9 Å². The zero-order valence-electron chi connectivity index (χ0n) is 20.2. The SMILES string of the molecule is C=CC[C@@]1(C(=O)NCc2ccccc2Cl)N=C(c2ccc(OCCCO)cc2)O[C@@H]1c1ccc(Br)cc1. The monoisotopic (exact) mass is 582 g/mol. The topological polar surface area (TPSA) is 80.2 Å². The molecule has 0 fully saturated rings. The number of aliphatic imine (C=N–C) groups is 1. The highest BCUT2D eigenvalue weighted by Gasteiger charge is 2.52. The van der Waals surface area contributed by atoms with Crippen LogP contribution in [0.15, 0.2) is 94.9 Å². The second-order valence-corrected chi connectivity index (χ2v) is 9.93. The van der Waals surface area contributed by atoms with Gasteiger partial charge in [-0.2, -0.15) is 0 Å². The molecule has 3 aromatic rings. The number of rotatable bonds is 11. The van der Waals surface area contributed by atoms with Crippen molar-refractivity contribution in [3.8, 4) is 5.75 Å². The third-order valence-electron chi connectivity index (χ3n) is 6.06. The Morgan fingerprint density at radius 3 is 2.57 bits per heavy atom. The lowest BCUT2D eigenvalue weighted by molar-refractivity contribution is -0.129. The van der Waals surface area contributed by atoms with Gasteiger partial charge in [0.05, 0.1) is 6.61 Å². The maximum atomic E-state index is 13.8. The van der Waals surface area contributed by atoms with Crippen LogP contribution in [0.25, 0.3) is 0 Å². The van der Waals surface area contributed by atoms with Crippen LogP contribution in [0.5, 0.6) is 5.75 Å². The van der Waals surface area contributed by atoms with Crippen LogP contribution in [0.1, 0.15) is 35.6 Å². The van der Waals surface area contributed by atoms with Crippen LogP contribution < -0.4 is 10.1 Å². The summed E-state index contributed by atoms with van der Waals surface area (Å²) in [4.78, 5) is 18.7. The van der Waals surface area contributed by atoms with E-state index in [2.05, 4.69) is 27.8 Å². The van der Waals surface area contributed by atoms with E-state index in [1.54, 1.807) is 12.1 Å². The van der Waals surface area contributed by atoms with Crippen LogP contribution in [0.2, 0.25) is 5.02 Å². The summed E-state index contributed by atoms with van der Waals surface area (Å²) in [5.41, 5.74) is 1.09. The molecular formula is C29H28BrClN2O4. The lowest BCUT2D eigenvalue weighted by Gasteiger charge is -2.29. The molecule has 0 spiro atoms. The number of benzene rings is 3. The maximum Gasteiger partial charge on any atom is 0.252 e. The van der Waals surface area contributed by atoms with Crippen LogP contribution >= 0.6 is 27.5 Å². The van der Waals surface area contributed by atoms with Gasteiger partial charge in [0.2, 0.25) is 5.90 Å². The van der Waals surface area contributed by atoms with Crippen LogP contribution in [0, 0.1) is 0 Å². The normalized spacial score (nSPS) is 18.6. The minimum atomic E-state index is -1.26. The number of nitrogens with zero attached hydrogens (tertiary/aromatic N) is 1. The Morgan fingerprint density at radius 1 is 1.16 bits per heavy atom. The molecule has 2 atom stereocenters. The molecule has 8 heteroatoms. The van der Waals surface area contributed by atoms with E-state index < -0.39 is 11.6 Å². The molecule has 1 amide bonds. The number of hydrogen-bond acceptors (Lipinski definition) is 5. The van der Waals surface area contributed by atoms with Gasteiger partial charge in [-0.3, -0.25) is 4.79 Å². The Morgan fingerprint density at radius 2 is 1.89 bits per heavy atom. The molecule has 0 bridgehead atoms. The Balaban J connectivity index is 1.67. The highest BCUT2D eigenvalue weighted by atomic mass is 79.9. The highest BCUT2D eigenvalue weighted by molar-refractivity contribution is 9.10. The van der Waals surface area contributed by atoms with Gasteiger partial charge < -0.3 is 19.9 Å². The largest absolute Gasteiger partial charge is 0.494 e. The van der Waals surface area contributed by atoms with Crippen molar-refractivity contribution in [2.45, 2.75) is 31.0 Å². The molecule has 1 heterocycles. The number of aliphatic hydroxyl groups is 1. The molecule has 0 saturated carbocycles. The summed E-state index contributed by atoms with van der Waals surface area (Å²) < 4.78 is 13.0. The van der Waals surface area contributed by atoms with E-state index in [0.29, 0.717) is 29.7 Å². The minimum absolute atomic E-state index is 0.0735. The molecule has 192 valence electrons. The number of nitrogens with one attached hydrogen (secondary N) is 1. The standard InChI is InChI=1S/C29H28BrClN2O4/c1-2-16-29(28(35)32-19-22-6-3-4-7-25(22)31)26(20-8-12-23(30)13-9-20)37-27(33-29)21-10-14-24(15-11-21)36-18-5-17-34/h2-4,6-15,26,34H,1,5,16-19H2,(H,32,35)/t26-,29-/m1/s1. The van der Waals surface area contributed by atoms with E-state index in [9.17, 15) is 4.79 Å². The van der Waals surface area contributed by atoms with E-state index in [0.717, 1.165) is 21.2 Å². The zero-order valence-corrected chi connectivity index (χ0v) is 22.5. The Labute approximate surface area is 230 Å². The van der Waals surface area contributed by atoms with Crippen molar-refractivity contribution < 1.29 is 19.4 Å². The van der Waals surface area contributed by atoms with Crippen molar-refractivity contribution in [1.29, 1.82) is 0 Å². The molecule has 1 aliphatic rings. The van der Waals surface area contributed by atoms with Gasteiger partial charge in [0.25, 0.3) is 5.91 Å². The summed E-state index contributed by atoms with van der Waals surface area (Å²) >= 11 is 9.79. The highest BCUT2D eigenvalue weighted by Crippen LogP contribution is 2.43. The molecule has 0 radical (unpaired) electrons. The second-order valence-electron chi connectivity index (χ2n) is 8.61. The first kappa shape index (κ1) is 26.9. The van der Waals surface area contributed by atoms with Crippen LogP contribution in [-0.4, -0.2) is 35.7 Å². The molecular weight excluding hydrogens is 556 g/mol. The quantitative estimate of drug-likeness (QED) is 0.214. The fourth-order valence-electron chi connectivity index (χ4n) is 4.14. The summed E-state index contributed by atoms with van der Waals surface area (Å²) in [5.74, 6) is 0.763. The van der Waals surface area contributed by atoms with Crippen molar-refractivity contribution in [3.05, 3.63) is 112 Å². The summed E-state index contributed by atoms with van der Waals surface area (Å²) in [6.07, 6.45) is 1.85. The van der Waals surface area contributed by atoms with Crippen molar-refractivity contribution in [3.63, 3.8) is 0 Å². The Bertz CT molecular complexity index is 1260.